The van der Waals surface area contributed by atoms with E-state index in [1.54, 1.807) is 7.11 Å². The molecule has 3 fully saturated rings. The Labute approximate surface area is 222 Å². The lowest BCUT2D eigenvalue weighted by molar-refractivity contribution is -0.238. The van der Waals surface area contributed by atoms with Crippen molar-refractivity contribution in [3.63, 3.8) is 0 Å². The van der Waals surface area contributed by atoms with Gasteiger partial charge >= 0.3 is 0 Å². The summed E-state index contributed by atoms with van der Waals surface area (Å²) in [6, 6.07) is 4.42. The Balaban J connectivity index is 1.61. The molecule has 0 aromatic heterocycles. The molecule has 5 aliphatic rings. The largest absolute Gasteiger partial charge is 0.486 e. The summed E-state index contributed by atoms with van der Waals surface area (Å²) in [4.78, 5) is 15.4. The Morgan fingerprint density at radius 1 is 1.27 bits per heavy atom. The third-order valence-electron chi connectivity index (χ3n) is 11.5. The highest BCUT2D eigenvalue weighted by atomic mass is 16.5. The summed E-state index contributed by atoms with van der Waals surface area (Å²) in [6.45, 7) is 12.9. The van der Waals surface area contributed by atoms with Gasteiger partial charge in [-0.1, -0.05) is 40.2 Å². The van der Waals surface area contributed by atoms with Gasteiger partial charge in [0, 0.05) is 42.0 Å². The Hall–Kier alpha value is -1.63. The second-order valence-corrected chi connectivity index (χ2v) is 14.1. The lowest BCUT2D eigenvalue weighted by atomic mass is 9.39. The summed E-state index contributed by atoms with van der Waals surface area (Å²) in [6.07, 6.45) is 7.16. The average Bonchev–Trinajstić information content (AvgIpc) is 3.57. The molecule has 1 aromatic rings. The number of aliphatic hydroxyl groups is 1. The second kappa shape index (κ2) is 8.19. The normalized spacial score (nSPS) is 38.0. The predicted molar refractivity (Wildman–Crippen MR) is 144 cm³/mol. The molecule has 1 spiro atoms. The van der Waals surface area contributed by atoms with E-state index in [9.17, 15) is 9.90 Å². The number of ether oxygens (including phenoxy) is 2. The Bertz CT molecular complexity index is 1110. The fraction of sp³-hybridized carbons (Fsp3) is 0.774. The van der Waals surface area contributed by atoms with E-state index in [4.69, 9.17) is 15.2 Å². The van der Waals surface area contributed by atoms with Gasteiger partial charge in [0.05, 0.1) is 11.2 Å². The van der Waals surface area contributed by atoms with E-state index in [0.717, 1.165) is 44.6 Å². The maximum Gasteiger partial charge on any atom is 0.252 e. The maximum atomic E-state index is 12.6. The molecule has 3 N–H and O–H groups in total. The van der Waals surface area contributed by atoms with Gasteiger partial charge in [0.1, 0.15) is 18.0 Å². The highest BCUT2D eigenvalue weighted by Gasteiger charge is 2.75. The van der Waals surface area contributed by atoms with Gasteiger partial charge in [-0.05, 0) is 75.0 Å². The number of nitrogens with two attached hydrogens (primary N) is 1. The van der Waals surface area contributed by atoms with Crippen LogP contribution in [0.15, 0.2) is 12.1 Å². The number of hydrogen-bond donors (Lipinski definition) is 2. The number of piperidine rings is 1. The van der Waals surface area contributed by atoms with Crippen molar-refractivity contribution in [2.45, 2.75) is 109 Å². The summed E-state index contributed by atoms with van der Waals surface area (Å²) in [5, 5.41) is 12.2. The second-order valence-electron chi connectivity index (χ2n) is 14.1. The molecule has 2 saturated carbocycles. The first-order chi connectivity index (χ1) is 17.4. The molecule has 2 aliphatic heterocycles. The van der Waals surface area contributed by atoms with Gasteiger partial charge in [-0.3, -0.25) is 9.69 Å². The van der Waals surface area contributed by atoms with Crippen molar-refractivity contribution in [3.8, 4) is 5.75 Å². The summed E-state index contributed by atoms with van der Waals surface area (Å²) < 4.78 is 13.3. The molecule has 6 rings (SSSR count). The van der Waals surface area contributed by atoms with Gasteiger partial charge < -0.3 is 20.3 Å². The molecule has 1 saturated heterocycles. The van der Waals surface area contributed by atoms with E-state index in [2.05, 4.69) is 38.7 Å². The quantitative estimate of drug-likeness (QED) is 0.566. The highest BCUT2D eigenvalue weighted by Crippen LogP contribution is 2.72. The molecule has 1 unspecified atom stereocenters. The van der Waals surface area contributed by atoms with Crippen LogP contribution in [0.2, 0.25) is 0 Å². The Morgan fingerprint density at radius 2 is 2.00 bits per heavy atom. The van der Waals surface area contributed by atoms with Gasteiger partial charge in [0.2, 0.25) is 0 Å². The number of methoxy groups -OCH3 is 1. The Morgan fingerprint density at radius 3 is 2.59 bits per heavy atom. The number of amides is 1. The van der Waals surface area contributed by atoms with Crippen LogP contribution in [0.1, 0.15) is 94.6 Å². The van der Waals surface area contributed by atoms with Crippen LogP contribution < -0.4 is 10.5 Å². The van der Waals surface area contributed by atoms with Crippen molar-refractivity contribution >= 4 is 5.91 Å². The zero-order valence-corrected chi connectivity index (χ0v) is 23.6. The molecule has 37 heavy (non-hydrogen) atoms. The van der Waals surface area contributed by atoms with Crippen molar-refractivity contribution in [1.82, 2.24) is 4.90 Å². The van der Waals surface area contributed by atoms with Crippen molar-refractivity contribution in [3.05, 3.63) is 28.8 Å². The zero-order valence-electron chi connectivity index (χ0n) is 23.6. The van der Waals surface area contributed by atoms with E-state index in [1.165, 1.54) is 30.5 Å². The molecule has 0 radical (unpaired) electrons. The van der Waals surface area contributed by atoms with Gasteiger partial charge in [-0.25, -0.2) is 0 Å². The fourth-order valence-corrected chi connectivity index (χ4v) is 9.21. The van der Waals surface area contributed by atoms with Crippen LogP contribution >= 0.6 is 0 Å². The molecule has 6 heteroatoms. The van der Waals surface area contributed by atoms with Crippen molar-refractivity contribution in [2.24, 2.45) is 28.4 Å². The predicted octanol–water partition coefficient (Wildman–Crippen LogP) is 4.44. The average molecular weight is 511 g/mol. The minimum atomic E-state index is -0.962. The molecular weight excluding hydrogens is 464 g/mol. The van der Waals surface area contributed by atoms with E-state index < -0.39 is 11.5 Å². The number of likely N-dealkylation sites (tertiary alicyclic amines) is 1. The molecular formula is C31H46N2O4. The number of rotatable bonds is 7. The molecule has 2 heterocycles. The summed E-state index contributed by atoms with van der Waals surface area (Å²) in [5.41, 5.74) is 7.34. The number of benzene rings is 1. The number of carbonyl (C=O) groups is 1. The zero-order chi connectivity index (χ0) is 26.5. The molecule has 2 bridgehead atoms. The van der Waals surface area contributed by atoms with Gasteiger partial charge in [-0.2, -0.15) is 0 Å². The van der Waals surface area contributed by atoms with Crippen LogP contribution in [-0.4, -0.2) is 60.0 Å². The summed E-state index contributed by atoms with van der Waals surface area (Å²) in [7, 11) is 1.77. The van der Waals surface area contributed by atoms with Crippen LogP contribution in [0.3, 0.4) is 0 Å². The lowest BCUT2D eigenvalue weighted by Gasteiger charge is -2.69. The topological polar surface area (TPSA) is 85.0 Å². The first kappa shape index (κ1) is 25.6. The van der Waals surface area contributed by atoms with E-state index >= 15 is 0 Å². The molecule has 7 atom stereocenters. The molecule has 1 aromatic carbocycles. The number of nitrogens with zero attached hydrogens (tertiary/aromatic N) is 1. The minimum Gasteiger partial charge on any atom is -0.486 e. The monoisotopic (exact) mass is 510 g/mol. The minimum absolute atomic E-state index is 0.0665. The standard InChI is InChI=1S/C31H46N2O4/c1-7-12-30-16-21(29(5,35)28(2,3)4)25(36-6)26-31(30)13-14-33(17-18-8-9-18)22(30)15-19-10-11-20(27(32)34)24(37-26)23(19)31/h10-11,18,21-22,25-26,35H,7-9,12-17H2,1-6H3,(H2,32,34)/t21-,22+,25?,26-,29-,30+,31-/m0/s1. The van der Waals surface area contributed by atoms with E-state index in [-0.39, 0.29) is 34.4 Å². The van der Waals surface area contributed by atoms with Crippen LogP contribution in [0.4, 0.5) is 0 Å². The lowest BCUT2D eigenvalue weighted by Crippen LogP contribution is -2.76. The van der Waals surface area contributed by atoms with Crippen molar-refractivity contribution in [2.75, 3.05) is 20.2 Å². The van der Waals surface area contributed by atoms with Crippen LogP contribution in [0.5, 0.6) is 5.75 Å². The van der Waals surface area contributed by atoms with Gasteiger partial charge in [-0.15, -0.1) is 0 Å². The first-order valence-electron chi connectivity index (χ1n) is 14.5. The Kier molecular flexibility index (Phi) is 5.67. The van der Waals surface area contributed by atoms with Crippen molar-refractivity contribution < 1.29 is 19.4 Å². The number of carbonyl (C=O) groups excluding carboxylic acids is 1. The molecule has 6 nitrogen and oxygen atoms in total. The van der Waals surface area contributed by atoms with Crippen LogP contribution in [0.25, 0.3) is 0 Å². The smallest absolute Gasteiger partial charge is 0.252 e. The maximum absolute atomic E-state index is 12.6. The molecule has 1 amide bonds. The first-order valence-corrected chi connectivity index (χ1v) is 14.5. The van der Waals surface area contributed by atoms with Crippen LogP contribution in [0, 0.1) is 22.7 Å². The summed E-state index contributed by atoms with van der Waals surface area (Å²) >= 11 is 0. The SMILES string of the molecule is CCC[C@]12C[C@H]([C@](C)(O)C(C)(C)C)C(OC)[C@@H]3Oc4c(C(N)=O)ccc5c4[C@@]31CCN(CC1CC1)[C@@H]2C5. The van der Waals surface area contributed by atoms with Gasteiger partial charge in [0.25, 0.3) is 5.91 Å². The van der Waals surface area contributed by atoms with Crippen molar-refractivity contribution in [1.29, 1.82) is 0 Å². The number of primary amides is 1. The molecule has 3 aliphatic carbocycles. The van der Waals surface area contributed by atoms with Crippen LogP contribution in [-0.2, 0) is 16.6 Å². The summed E-state index contributed by atoms with van der Waals surface area (Å²) in [5.74, 6) is 0.983. The third kappa shape index (κ3) is 3.24. The fourth-order valence-electron chi connectivity index (χ4n) is 9.21. The highest BCUT2D eigenvalue weighted by molar-refractivity contribution is 5.97. The number of hydrogen-bond acceptors (Lipinski definition) is 5. The third-order valence-corrected chi connectivity index (χ3v) is 11.5. The van der Waals surface area contributed by atoms with Gasteiger partial charge in [0.15, 0.2) is 0 Å². The van der Waals surface area contributed by atoms with E-state index in [0.29, 0.717) is 17.4 Å². The molecule has 204 valence electrons. The van der Waals surface area contributed by atoms with E-state index in [1.807, 2.05) is 13.0 Å².